The van der Waals surface area contributed by atoms with Gasteiger partial charge in [-0.2, -0.15) is 0 Å². The third kappa shape index (κ3) is 2.48. The van der Waals surface area contributed by atoms with Gasteiger partial charge in [-0.15, -0.1) is 0 Å². The van der Waals surface area contributed by atoms with Gasteiger partial charge in [-0.05, 0) is 38.3 Å². The van der Waals surface area contributed by atoms with Crippen LogP contribution in [0.1, 0.15) is 48.5 Å². The van der Waals surface area contributed by atoms with E-state index in [1.807, 2.05) is 47.2 Å². The molecule has 0 N–H and O–H groups in total. The summed E-state index contributed by atoms with van der Waals surface area (Å²) in [7, 11) is 1.92. The number of imidazole rings is 1. The van der Waals surface area contributed by atoms with Crippen molar-refractivity contribution in [1.82, 2.24) is 19.0 Å². The lowest BCUT2D eigenvalue weighted by molar-refractivity contribution is 0.0585. The number of aromatic nitrogens is 3. The van der Waals surface area contributed by atoms with E-state index < -0.39 is 0 Å². The van der Waals surface area contributed by atoms with Crippen molar-refractivity contribution in [3.8, 4) is 0 Å². The second-order valence-electron chi connectivity index (χ2n) is 5.59. The maximum atomic E-state index is 12.9. The van der Waals surface area contributed by atoms with Crippen molar-refractivity contribution in [2.75, 3.05) is 6.54 Å². The molecule has 1 atom stereocenters. The van der Waals surface area contributed by atoms with Gasteiger partial charge in [-0.3, -0.25) is 4.79 Å². The van der Waals surface area contributed by atoms with Crippen molar-refractivity contribution < 1.29 is 4.79 Å². The number of carbonyl (C=O) groups is 1. The largest absolute Gasteiger partial charge is 0.347 e. The molecule has 5 heteroatoms. The molecular formula is C16H22N4O. The van der Waals surface area contributed by atoms with E-state index in [1.54, 1.807) is 0 Å². The average molecular weight is 286 g/mol. The average Bonchev–Trinajstić information content (AvgIpc) is 3.14. The first-order valence-corrected chi connectivity index (χ1v) is 7.65. The number of aryl methyl sites for hydroxylation is 2. The molecule has 2 aromatic rings. The first kappa shape index (κ1) is 13.9. The monoisotopic (exact) mass is 286 g/mol. The number of amides is 1. The molecule has 2 aromatic heterocycles. The topological polar surface area (TPSA) is 43.1 Å². The summed E-state index contributed by atoms with van der Waals surface area (Å²) in [6, 6.07) is 3.90. The molecule has 1 unspecified atom stereocenters. The van der Waals surface area contributed by atoms with Crippen LogP contribution in [-0.4, -0.2) is 31.5 Å². The van der Waals surface area contributed by atoms with Crippen LogP contribution in [0.15, 0.2) is 30.7 Å². The molecule has 0 radical (unpaired) electrons. The highest BCUT2D eigenvalue weighted by atomic mass is 16.2. The van der Waals surface area contributed by atoms with Crippen molar-refractivity contribution in [2.45, 2.75) is 38.8 Å². The number of carbonyl (C=O) groups excluding carboxylic acids is 1. The summed E-state index contributed by atoms with van der Waals surface area (Å²) in [5, 5.41) is 0. The molecule has 1 fully saturated rings. The first-order valence-electron chi connectivity index (χ1n) is 7.65. The number of nitrogens with zero attached hydrogens (tertiary/aromatic N) is 4. The van der Waals surface area contributed by atoms with Crippen molar-refractivity contribution in [3.05, 3.63) is 42.2 Å². The summed E-state index contributed by atoms with van der Waals surface area (Å²) < 4.78 is 4.03. The van der Waals surface area contributed by atoms with E-state index in [1.165, 1.54) is 0 Å². The highest BCUT2D eigenvalue weighted by molar-refractivity contribution is 5.93. The Bertz CT molecular complexity index is 628. The van der Waals surface area contributed by atoms with Gasteiger partial charge in [-0.1, -0.05) is 0 Å². The zero-order valence-corrected chi connectivity index (χ0v) is 12.7. The van der Waals surface area contributed by atoms with Crippen LogP contribution in [0.4, 0.5) is 0 Å². The lowest BCUT2D eigenvalue weighted by Gasteiger charge is -2.35. The molecule has 0 spiro atoms. The molecule has 0 aromatic carbocycles. The molecule has 1 aliphatic rings. The van der Waals surface area contributed by atoms with Crippen LogP contribution in [0.3, 0.4) is 0 Å². The predicted octanol–water partition coefficient (Wildman–Crippen LogP) is 2.61. The first-order chi connectivity index (χ1) is 10.2. The summed E-state index contributed by atoms with van der Waals surface area (Å²) in [5.41, 5.74) is 0.747. The van der Waals surface area contributed by atoms with Gasteiger partial charge in [0, 0.05) is 38.7 Å². The standard InChI is InChI=1S/C16H22N4O/c1-3-19-12-9-17-15(19)13-7-4-5-11-20(13)16(21)14-8-6-10-18(14)2/h6,8-10,12-13H,3-5,7,11H2,1-2H3. The molecule has 0 saturated carbocycles. The number of hydrogen-bond acceptors (Lipinski definition) is 2. The maximum Gasteiger partial charge on any atom is 0.271 e. The Morgan fingerprint density at radius 1 is 1.38 bits per heavy atom. The summed E-state index contributed by atoms with van der Waals surface area (Å²) in [6.07, 6.45) is 8.96. The molecule has 1 saturated heterocycles. The molecule has 0 aliphatic carbocycles. The van der Waals surface area contributed by atoms with E-state index in [2.05, 4.69) is 16.5 Å². The van der Waals surface area contributed by atoms with Gasteiger partial charge in [0.05, 0.1) is 6.04 Å². The molecule has 1 aliphatic heterocycles. The fourth-order valence-electron chi connectivity index (χ4n) is 3.16. The molecule has 5 nitrogen and oxygen atoms in total. The van der Waals surface area contributed by atoms with Crippen molar-refractivity contribution in [2.24, 2.45) is 7.05 Å². The summed E-state index contributed by atoms with van der Waals surface area (Å²) in [6.45, 7) is 3.81. The number of piperidine rings is 1. The van der Waals surface area contributed by atoms with Gasteiger partial charge in [0.2, 0.25) is 0 Å². The van der Waals surface area contributed by atoms with Crippen molar-refractivity contribution in [3.63, 3.8) is 0 Å². The van der Waals surface area contributed by atoms with Gasteiger partial charge in [-0.25, -0.2) is 4.98 Å². The van der Waals surface area contributed by atoms with E-state index in [0.717, 1.165) is 43.9 Å². The fraction of sp³-hybridized carbons (Fsp3) is 0.500. The smallest absolute Gasteiger partial charge is 0.271 e. The molecule has 21 heavy (non-hydrogen) atoms. The van der Waals surface area contributed by atoms with Crippen molar-refractivity contribution >= 4 is 5.91 Å². The van der Waals surface area contributed by atoms with E-state index in [4.69, 9.17) is 0 Å². The van der Waals surface area contributed by atoms with Gasteiger partial charge in [0.1, 0.15) is 11.5 Å². The molecule has 0 bridgehead atoms. The van der Waals surface area contributed by atoms with Crippen LogP contribution in [0, 0.1) is 0 Å². The number of rotatable bonds is 3. The second kappa shape index (κ2) is 5.76. The lowest BCUT2D eigenvalue weighted by Crippen LogP contribution is -2.40. The van der Waals surface area contributed by atoms with Gasteiger partial charge in [0.15, 0.2) is 0 Å². The Morgan fingerprint density at radius 3 is 2.95 bits per heavy atom. The SMILES string of the molecule is CCn1ccnc1C1CCCCN1C(=O)c1cccn1C. The highest BCUT2D eigenvalue weighted by Crippen LogP contribution is 2.31. The summed E-state index contributed by atoms with van der Waals surface area (Å²) in [4.78, 5) is 19.4. The molecule has 1 amide bonds. The zero-order chi connectivity index (χ0) is 14.8. The van der Waals surface area contributed by atoms with E-state index in [9.17, 15) is 4.79 Å². The predicted molar refractivity (Wildman–Crippen MR) is 80.9 cm³/mol. The van der Waals surface area contributed by atoms with Gasteiger partial charge in [0.25, 0.3) is 5.91 Å². The van der Waals surface area contributed by atoms with Crippen LogP contribution in [0.25, 0.3) is 0 Å². The fourth-order valence-corrected chi connectivity index (χ4v) is 3.16. The zero-order valence-electron chi connectivity index (χ0n) is 12.7. The van der Waals surface area contributed by atoms with Gasteiger partial charge < -0.3 is 14.0 Å². The number of hydrogen-bond donors (Lipinski definition) is 0. The highest BCUT2D eigenvalue weighted by Gasteiger charge is 2.32. The van der Waals surface area contributed by atoms with E-state index in [-0.39, 0.29) is 11.9 Å². The Kier molecular flexibility index (Phi) is 3.82. The Balaban J connectivity index is 1.92. The Hall–Kier alpha value is -2.04. The lowest BCUT2D eigenvalue weighted by atomic mass is 10.0. The Labute approximate surface area is 125 Å². The third-order valence-corrected chi connectivity index (χ3v) is 4.31. The van der Waals surface area contributed by atoms with Crippen LogP contribution < -0.4 is 0 Å². The summed E-state index contributed by atoms with van der Waals surface area (Å²) >= 11 is 0. The van der Waals surface area contributed by atoms with Crippen molar-refractivity contribution in [1.29, 1.82) is 0 Å². The molecule has 3 heterocycles. The minimum atomic E-state index is 0.0936. The summed E-state index contributed by atoms with van der Waals surface area (Å²) in [5.74, 6) is 1.12. The number of likely N-dealkylation sites (tertiary alicyclic amines) is 1. The van der Waals surface area contributed by atoms with E-state index >= 15 is 0 Å². The molecule has 3 rings (SSSR count). The van der Waals surface area contributed by atoms with Crippen LogP contribution in [-0.2, 0) is 13.6 Å². The minimum Gasteiger partial charge on any atom is -0.347 e. The Morgan fingerprint density at radius 2 is 2.24 bits per heavy atom. The quantitative estimate of drug-likeness (QED) is 0.870. The normalized spacial score (nSPS) is 19.0. The van der Waals surface area contributed by atoms with Crippen LogP contribution >= 0.6 is 0 Å². The third-order valence-electron chi connectivity index (χ3n) is 4.31. The van der Waals surface area contributed by atoms with Gasteiger partial charge >= 0.3 is 0 Å². The van der Waals surface area contributed by atoms with Crippen LogP contribution in [0.2, 0.25) is 0 Å². The van der Waals surface area contributed by atoms with E-state index in [0.29, 0.717) is 0 Å². The second-order valence-corrected chi connectivity index (χ2v) is 5.59. The van der Waals surface area contributed by atoms with Crippen LogP contribution in [0.5, 0.6) is 0 Å². The maximum absolute atomic E-state index is 12.9. The molecular weight excluding hydrogens is 264 g/mol. The minimum absolute atomic E-state index is 0.0936. The molecule has 112 valence electrons.